The number of hydrogen-bond donors (Lipinski definition) is 1. The topological polar surface area (TPSA) is 66.5 Å². The lowest BCUT2D eigenvalue weighted by Gasteiger charge is -2.24. The fourth-order valence-corrected chi connectivity index (χ4v) is 4.16. The monoisotopic (exact) mass is 392 g/mol. The molecule has 0 aliphatic heterocycles. The molecular weight excluding hydrogens is 372 g/mol. The molecule has 1 aliphatic rings. The molecule has 7 heteroatoms. The lowest BCUT2D eigenvalue weighted by molar-refractivity contribution is -0.117. The first kappa shape index (κ1) is 18.9. The molecule has 3 rings (SSSR count). The zero-order valence-corrected chi connectivity index (χ0v) is 16.3. The smallest absolute Gasteiger partial charge is 0.238 e. The standard InChI is InChI=1S/C19H21ClN2O3S/c1-22(18-10-7-13-5-3-4-6-15(13)18)12-19(23)21-17-11-14(26(2,24)25)8-9-16(17)20/h3-6,8-9,11,18H,7,10,12H2,1-2H3,(H,21,23)/t18-/m0/s1. The van der Waals surface area contributed by atoms with Crippen LogP contribution in [0.3, 0.4) is 0 Å². The number of hydrogen-bond acceptors (Lipinski definition) is 4. The number of nitrogens with zero attached hydrogens (tertiary/aromatic N) is 1. The Balaban J connectivity index is 1.70. The molecule has 0 saturated heterocycles. The highest BCUT2D eigenvalue weighted by molar-refractivity contribution is 7.90. The van der Waals surface area contributed by atoms with E-state index in [9.17, 15) is 13.2 Å². The molecule has 0 heterocycles. The van der Waals surface area contributed by atoms with Gasteiger partial charge in [-0.3, -0.25) is 9.69 Å². The number of amides is 1. The fraction of sp³-hybridized carbons (Fsp3) is 0.316. The van der Waals surface area contributed by atoms with E-state index in [1.165, 1.54) is 29.3 Å². The van der Waals surface area contributed by atoms with Crippen LogP contribution in [0.15, 0.2) is 47.4 Å². The summed E-state index contributed by atoms with van der Waals surface area (Å²) < 4.78 is 23.4. The maximum absolute atomic E-state index is 12.4. The van der Waals surface area contributed by atoms with Gasteiger partial charge in [-0.15, -0.1) is 0 Å². The lowest BCUT2D eigenvalue weighted by Crippen LogP contribution is -2.32. The molecule has 26 heavy (non-hydrogen) atoms. The molecule has 0 saturated carbocycles. The summed E-state index contributed by atoms with van der Waals surface area (Å²) in [6, 6.07) is 12.8. The van der Waals surface area contributed by atoms with Crippen LogP contribution in [0.25, 0.3) is 0 Å². The summed E-state index contributed by atoms with van der Waals surface area (Å²) >= 11 is 6.10. The minimum absolute atomic E-state index is 0.121. The zero-order chi connectivity index (χ0) is 18.9. The van der Waals surface area contributed by atoms with E-state index in [4.69, 9.17) is 11.6 Å². The van der Waals surface area contributed by atoms with E-state index in [1.807, 2.05) is 24.1 Å². The molecule has 2 aromatic rings. The van der Waals surface area contributed by atoms with Crippen molar-refractivity contribution in [1.82, 2.24) is 4.90 Å². The van der Waals surface area contributed by atoms with Crippen LogP contribution in [0.5, 0.6) is 0 Å². The van der Waals surface area contributed by atoms with E-state index in [2.05, 4.69) is 17.4 Å². The number of fused-ring (bicyclic) bond motifs is 1. The number of aryl methyl sites for hydroxylation is 1. The molecule has 138 valence electrons. The molecule has 0 radical (unpaired) electrons. The number of benzene rings is 2. The van der Waals surface area contributed by atoms with Crippen LogP contribution in [-0.4, -0.2) is 39.1 Å². The minimum Gasteiger partial charge on any atom is -0.324 e. The molecule has 1 aliphatic carbocycles. The molecule has 1 amide bonds. The highest BCUT2D eigenvalue weighted by atomic mass is 35.5. The number of carbonyl (C=O) groups excluding carboxylic acids is 1. The van der Waals surface area contributed by atoms with Crippen LogP contribution in [0.4, 0.5) is 5.69 Å². The first-order valence-electron chi connectivity index (χ1n) is 8.33. The largest absolute Gasteiger partial charge is 0.324 e. The Morgan fingerprint density at radius 2 is 2.00 bits per heavy atom. The second-order valence-corrected chi connectivity index (χ2v) is 9.05. The van der Waals surface area contributed by atoms with Gasteiger partial charge in [0.2, 0.25) is 5.91 Å². The summed E-state index contributed by atoms with van der Waals surface area (Å²) in [4.78, 5) is 14.6. The van der Waals surface area contributed by atoms with Crippen molar-refractivity contribution in [2.45, 2.75) is 23.8 Å². The van der Waals surface area contributed by atoms with Crippen LogP contribution in [0, 0.1) is 0 Å². The predicted molar refractivity (Wildman–Crippen MR) is 103 cm³/mol. The predicted octanol–water partition coefficient (Wildman–Crippen LogP) is 3.30. The maximum Gasteiger partial charge on any atom is 0.238 e. The number of sulfone groups is 1. The van der Waals surface area contributed by atoms with Gasteiger partial charge < -0.3 is 5.32 Å². The van der Waals surface area contributed by atoms with Crippen LogP contribution in [-0.2, 0) is 21.1 Å². The van der Waals surface area contributed by atoms with E-state index >= 15 is 0 Å². The summed E-state index contributed by atoms with van der Waals surface area (Å²) in [5, 5.41) is 3.03. The highest BCUT2D eigenvalue weighted by Crippen LogP contribution is 2.34. The zero-order valence-electron chi connectivity index (χ0n) is 14.7. The normalized spacial score (nSPS) is 16.5. The third-order valence-electron chi connectivity index (χ3n) is 4.67. The average molecular weight is 393 g/mol. The van der Waals surface area contributed by atoms with Crippen molar-refractivity contribution in [1.29, 1.82) is 0 Å². The number of nitrogens with one attached hydrogen (secondary N) is 1. The number of likely N-dealkylation sites (N-methyl/N-ethyl adjacent to an activating group) is 1. The van der Waals surface area contributed by atoms with E-state index in [1.54, 1.807) is 0 Å². The van der Waals surface area contributed by atoms with Crippen LogP contribution in [0.1, 0.15) is 23.6 Å². The number of carbonyl (C=O) groups is 1. The Hall–Kier alpha value is -1.89. The van der Waals surface area contributed by atoms with Crippen molar-refractivity contribution in [3.63, 3.8) is 0 Å². The van der Waals surface area contributed by atoms with E-state index in [-0.39, 0.29) is 23.4 Å². The van der Waals surface area contributed by atoms with Gasteiger partial charge in [-0.25, -0.2) is 8.42 Å². The maximum atomic E-state index is 12.4. The van der Waals surface area contributed by atoms with Crippen molar-refractivity contribution >= 4 is 33.0 Å². The van der Waals surface area contributed by atoms with Crippen LogP contribution < -0.4 is 5.32 Å². The number of anilines is 1. The lowest BCUT2D eigenvalue weighted by atomic mass is 10.1. The van der Waals surface area contributed by atoms with Crippen molar-refractivity contribution in [3.05, 3.63) is 58.6 Å². The van der Waals surface area contributed by atoms with Crippen molar-refractivity contribution in [3.8, 4) is 0 Å². The first-order chi connectivity index (χ1) is 12.3. The van der Waals surface area contributed by atoms with Gasteiger partial charge in [0.25, 0.3) is 0 Å². The molecule has 0 bridgehead atoms. The third-order valence-corrected chi connectivity index (χ3v) is 6.11. The average Bonchev–Trinajstić information content (AvgIpc) is 3.00. The van der Waals surface area contributed by atoms with Crippen molar-refractivity contribution in [2.24, 2.45) is 0 Å². The third kappa shape index (κ3) is 4.09. The fourth-order valence-electron chi connectivity index (χ4n) is 3.35. The first-order valence-corrected chi connectivity index (χ1v) is 10.6. The SMILES string of the molecule is CN(CC(=O)Nc1cc(S(C)(=O)=O)ccc1Cl)[C@H]1CCc2ccccc21. The van der Waals surface area contributed by atoms with Gasteiger partial charge in [-0.05, 0) is 49.2 Å². The molecule has 2 aromatic carbocycles. The van der Waals surface area contributed by atoms with E-state index in [0.717, 1.165) is 19.1 Å². The molecule has 0 unspecified atom stereocenters. The molecular formula is C19H21ClN2O3S. The van der Waals surface area contributed by atoms with Gasteiger partial charge in [0.05, 0.1) is 22.2 Å². The Morgan fingerprint density at radius 3 is 2.73 bits per heavy atom. The Bertz CT molecular complexity index is 944. The van der Waals surface area contributed by atoms with Gasteiger partial charge in [0.15, 0.2) is 9.84 Å². The quantitative estimate of drug-likeness (QED) is 0.847. The van der Waals surface area contributed by atoms with Gasteiger partial charge in [0.1, 0.15) is 0 Å². The highest BCUT2D eigenvalue weighted by Gasteiger charge is 2.26. The van der Waals surface area contributed by atoms with E-state index < -0.39 is 9.84 Å². The number of halogens is 1. The second kappa shape index (κ2) is 7.39. The second-order valence-electron chi connectivity index (χ2n) is 6.63. The summed E-state index contributed by atoms with van der Waals surface area (Å²) in [5.41, 5.74) is 2.90. The van der Waals surface area contributed by atoms with Crippen LogP contribution in [0.2, 0.25) is 5.02 Å². The Kier molecular flexibility index (Phi) is 5.37. The summed E-state index contributed by atoms with van der Waals surface area (Å²) in [6.45, 7) is 0.193. The number of rotatable bonds is 5. The molecule has 1 N–H and O–H groups in total. The van der Waals surface area contributed by atoms with E-state index in [0.29, 0.717) is 10.7 Å². The van der Waals surface area contributed by atoms with Gasteiger partial charge in [-0.2, -0.15) is 0 Å². The molecule has 0 aromatic heterocycles. The summed E-state index contributed by atoms with van der Waals surface area (Å²) in [5.74, 6) is -0.232. The molecule has 5 nitrogen and oxygen atoms in total. The Morgan fingerprint density at radius 1 is 1.27 bits per heavy atom. The van der Waals surface area contributed by atoms with Gasteiger partial charge >= 0.3 is 0 Å². The Labute approximate surface area is 158 Å². The van der Waals surface area contributed by atoms with Crippen LogP contribution >= 0.6 is 11.6 Å². The summed E-state index contributed by atoms with van der Waals surface area (Å²) in [6.07, 6.45) is 3.11. The molecule has 0 spiro atoms. The molecule has 1 atom stereocenters. The van der Waals surface area contributed by atoms with Gasteiger partial charge in [-0.1, -0.05) is 35.9 Å². The minimum atomic E-state index is -3.37. The summed E-state index contributed by atoms with van der Waals surface area (Å²) in [7, 11) is -1.45. The van der Waals surface area contributed by atoms with Crippen molar-refractivity contribution in [2.75, 3.05) is 25.2 Å². The van der Waals surface area contributed by atoms with Gasteiger partial charge in [0, 0.05) is 12.3 Å². The molecule has 0 fully saturated rings. The van der Waals surface area contributed by atoms with Crippen molar-refractivity contribution < 1.29 is 13.2 Å².